The van der Waals surface area contributed by atoms with Crippen molar-refractivity contribution in [1.82, 2.24) is 9.21 Å². The number of hydrogen-bond acceptors (Lipinski definition) is 5. The lowest BCUT2D eigenvalue weighted by Gasteiger charge is -2.27. The van der Waals surface area contributed by atoms with Gasteiger partial charge < -0.3 is 10.2 Å². The second kappa shape index (κ2) is 10.3. The molecule has 1 aliphatic rings. The SMILES string of the molecule is CSc1ccc(S(=O)(=O)N(C)CC(=O)Nc2ccccc2C(=O)N2CCCCC2)cc1. The molecular formula is C22H27N3O4S2. The molecule has 0 radical (unpaired) electrons. The monoisotopic (exact) mass is 461 g/mol. The van der Waals surface area contributed by atoms with Gasteiger partial charge in [0.25, 0.3) is 5.91 Å². The zero-order valence-corrected chi connectivity index (χ0v) is 19.3. The summed E-state index contributed by atoms with van der Waals surface area (Å²) in [4.78, 5) is 28.4. The summed E-state index contributed by atoms with van der Waals surface area (Å²) in [5.74, 6) is -0.629. The van der Waals surface area contributed by atoms with Crippen molar-refractivity contribution in [3.8, 4) is 0 Å². The van der Waals surface area contributed by atoms with Gasteiger partial charge in [0.2, 0.25) is 15.9 Å². The highest BCUT2D eigenvalue weighted by Crippen LogP contribution is 2.22. The molecule has 0 atom stereocenters. The zero-order valence-electron chi connectivity index (χ0n) is 17.7. The van der Waals surface area contributed by atoms with Crippen molar-refractivity contribution in [1.29, 1.82) is 0 Å². The Kier molecular flexibility index (Phi) is 7.74. The molecule has 9 heteroatoms. The fraction of sp³-hybridized carbons (Fsp3) is 0.364. The number of nitrogens with zero attached hydrogens (tertiary/aromatic N) is 2. The molecule has 1 aliphatic heterocycles. The van der Waals surface area contributed by atoms with Crippen molar-refractivity contribution in [2.24, 2.45) is 0 Å². The highest BCUT2D eigenvalue weighted by atomic mass is 32.2. The van der Waals surface area contributed by atoms with E-state index in [-0.39, 0.29) is 17.3 Å². The van der Waals surface area contributed by atoms with E-state index in [0.717, 1.165) is 28.5 Å². The summed E-state index contributed by atoms with van der Waals surface area (Å²) in [6.45, 7) is 1.05. The van der Waals surface area contributed by atoms with Gasteiger partial charge in [-0.3, -0.25) is 9.59 Å². The number of carbonyl (C=O) groups excluding carboxylic acids is 2. The topological polar surface area (TPSA) is 86.8 Å². The molecule has 0 aliphatic carbocycles. The van der Waals surface area contributed by atoms with Crippen LogP contribution in [0.5, 0.6) is 0 Å². The third-order valence-corrected chi connectivity index (χ3v) is 7.77. The maximum atomic E-state index is 12.9. The fourth-order valence-electron chi connectivity index (χ4n) is 3.45. The molecule has 0 unspecified atom stereocenters. The largest absolute Gasteiger partial charge is 0.339 e. The van der Waals surface area contributed by atoms with Gasteiger partial charge >= 0.3 is 0 Å². The number of nitrogens with one attached hydrogen (secondary N) is 1. The number of likely N-dealkylation sites (tertiary alicyclic amines) is 1. The number of thioether (sulfide) groups is 1. The van der Waals surface area contributed by atoms with E-state index < -0.39 is 15.9 Å². The number of hydrogen-bond donors (Lipinski definition) is 1. The number of likely N-dealkylation sites (N-methyl/N-ethyl adjacent to an activating group) is 1. The van der Waals surface area contributed by atoms with Crippen LogP contribution in [-0.4, -0.2) is 62.4 Å². The molecule has 1 N–H and O–H groups in total. The lowest BCUT2D eigenvalue weighted by Crippen LogP contribution is -2.37. The molecule has 7 nitrogen and oxygen atoms in total. The minimum Gasteiger partial charge on any atom is -0.339 e. The quantitative estimate of drug-likeness (QED) is 0.640. The first-order chi connectivity index (χ1) is 14.8. The first kappa shape index (κ1) is 23.3. The number of carbonyl (C=O) groups is 2. The van der Waals surface area contributed by atoms with Crippen LogP contribution in [-0.2, 0) is 14.8 Å². The lowest BCUT2D eigenvalue weighted by molar-refractivity contribution is -0.116. The smallest absolute Gasteiger partial charge is 0.255 e. The number of benzene rings is 2. The van der Waals surface area contributed by atoms with Crippen molar-refractivity contribution < 1.29 is 18.0 Å². The Hall–Kier alpha value is -2.36. The molecule has 166 valence electrons. The average Bonchev–Trinajstić information content (AvgIpc) is 2.79. The Labute approximate surface area is 187 Å². The number of sulfonamides is 1. The molecule has 3 rings (SSSR count). The molecule has 1 saturated heterocycles. The molecule has 2 aromatic carbocycles. The van der Waals surface area contributed by atoms with Crippen LogP contribution in [0.15, 0.2) is 58.3 Å². The third kappa shape index (κ3) is 5.66. The standard InChI is InChI=1S/C22H27N3O4S2/c1-24(31(28,29)18-12-10-17(30-2)11-13-18)16-21(26)23-20-9-5-4-8-19(20)22(27)25-14-6-3-7-15-25/h4-5,8-13H,3,6-7,14-16H2,1-2H3,(H,23,26). The summed E-state index contributed by atoms with van der Waals surface area (Å²) >= 11 is 1.52. The minimum absolute atomic E-state index is 0.120. The molecule has 2 amide bonds. The van der Waals surface area contributed by atoms with Crippen LogP contribution in [0, 0.1) is 0 Å². The average molecular weight is 462 g/mol. The van der Waals surface area contributed by atoms with Crippen LogP contribution in [0.2, 0.25) is 0 Å². The fourth-order valence-corrected chi connectivity index (χ4v) is 4.99. The molecule has 0 bridgehead atoms. The normalized spacial score (nSPS) is 14.5. The van der Waals surface area contributed by atoms with Crippen LogP contribution in [0.25, 0.3) is 0 Å². The number of amides is 2. The maximum Gasteiger partial charge on any atom is 0.255 e. The van der Waals surface area contributed by atoms with Crippen molar-refractivity contribution in [2.45, 2.75) is 29.1 Å². The Balaban J connectivity index is 1.69. The van der Waals surface area contributed by atoms with E-state index in [2.05, 4.69) is 5.32 Å². The summed E-state index contributed by atoms with van der Waals surface area (Å²) in [6, 6.07) is 13.3. The number of para-hydroxylation sites is 1. The van der Waals surface area contributed by atoms with Crippen molar-refractivity contribution >= 4 is 39.3 Å². The van der Waals surface area contributed by atoms with Gasteiger partial charge in [-0.05, 0) is 61.9 Å². The summed E-state index contributed by atoms with van der Waals surface area (Å²) in [5, 5.41) is 2.71. The Morgan fingerprint density at radius 2 is 1.68 bits per heavy atom. The van der Waals surface area contributed by atoms with Gasteiger partial charge in [0.05, 0.1) is 22.7 Å². The predicted octanol–water partition coefficient (Wildman–Crippen LogP) is 3.29. The second-order valence-electron chi connectivity index (χ2n) is 7.38. The predicted molar refractivity (Wildman–Crippen MR) is 123 cm³/mol. The molecule has 0 spiro atoms. The molecule has 0 aromatic heterocycles. The Morgan fingerprint density at radius 1 is 1.03 bits per heavy atom. The van der Waals surface area contributed by atoms with Crippen molar-refractivity contribution in [3.05, 3.63) is 54.1 Å². The molecule has 1 heterocycles. The Morgan fingerprint density at radius 3 is 2.32 bits per heavy atom. The Bertz CT molecular complexity index is 1030. The molecule has 2 aromatic rings. The van der Waals surface area contributed by atoms with Gasteiger partial charge in [0, 0.05) is 25.0 Å². The van der Waals surface area contributed by atoms with Gasteiger partial charge in [-0.15, -0.1) is 11.8 Å². The van der Waals surface area contributed by atoms with Gasteiger partial charge in [0.15, 0.2) is 0 Å². The molecular weight excluding hydrogens is 434 g/mol. The summed E-state index contributed by atoms with van der Waals surface area (Å²) in [6.07, 6.45) is 4.97. The zero-order chi connectivity index (χ0) is 22.4. The molecule has 0 saturated carbocycles. The second-order valence-corrected chi connectivity index (χ2v) is 10.3. The maximum absolute atomic E-state index is 12.9. The van der Waals surface area contributed by atoms with Gasteiger partial charge in [-0.1, -0.05) is 12.1 Å². The summed E-state index contributed by atoms with van der Waals surface area (Å²) < 4.78 is 26.6. The highest BCUT2D eigenvalue weighted by molar-refractivity contribution is 7.98. The number of piperidine rings is 1. The molecule has 1 fully saturated rings. The van der Waals surface area contributed by atoms with E-state index in [4.69, 9.17) is 0 Å². The third-order valence-electron chi connectivity index (χ3n) is 5.21. The van der Waals surface area contributed by atoms with E-state index >= 15 is 0 Å². The van der Waals surface area contributed by atoms with E-state index in [9.17, 15) is 18.0 Å². The highest BCUT2D eigenvalue weighted by Gasteiger charge is 2.25. The number of anilines is 1. The van der Waals surface area contributed by atoms with Gasteiger partial charge in [0.1, 0.15) is 0 Å². The van der Waals surface area contributed by atoms with Crippen LogP contribution in [0.4, 0.5) is 5.69 Å². The van der Waals surface area contributed by atoms with E-state index in [1.807, 2.05) is 6.26 Å². The van der Waals surface area contributed by atoms with Crippen LogP contribution < -0.4 is 5.32 Å². The van der Waals surface area contributed by atoms with Gasteiger partial charge in [-0.25, -0.2) is 8.42 Å². The lowest BCUT2D eigenvalue weighted by atomic mass is 10.1. The van der Waals surface area contributed by atoms with E-state index in [0.29, 0.717) is 24.3 Å². The summed E-state index contributed by atoms with van der Waals surface area (Å²) in [7, 11) is -2.44. The van der Waals surface area contributed by atoms with Gasteiger partial charge in [-0.2, -0.15) is 4.31 Å². The van der Waals surface area contributed by atoms with E-state index in [1.54, 1.807) is 41.3 Å². The van der Waals surface area contributed by atoms with Crippen LogP contribution >= 0.6 is 11.8 Å². The van der Waals surface area contributed by atoms with Crippen molar-refractivity contribution in [2.75, 3.05) is 38.3 Å². The molecule has 31 heavy (non-hydrogen) atoms. The first-order valence-corrected chi connectivity index (χ1v) is 12.8. The van der Waals surface area contributed by atoms with Crippen molar-refractivity contribution in [3.63, 3.8) is 0 Å². The first-order valence-electron chi connectivity index (χ1n) is 10.1. The van der Waals surface area contributed by atoms with Crippen LogP contribution in [0.3, 0.4) is 0 Å². The minimum atomic E-state index is -3.81. The van der Waals surface area contributed by atoms with E-state index in [1.165, 1.54) is 30.9 Å². The number of rotatable bonds is 7. The van der Waals surface area contributed by atoms with Crippen LogP contribution in [0.1, 0.15) is 29.6 Å². The summed E-state index contributed by atoms with van der Waals surface area (Å²) in [5.41, 5.74) is 0.800.